The molecule has 0 rings (SSSR count). The van der Waals surface area contributed by atoms with Crippen molar-refractivity contribution in [1.29, 1.82) is 0 Å². The number of rotatable bonds is 0. The minimum atomic E-state index is 0. The zero-order chi connectivity index (χ0) is 0. The van der Waals surface area contributed by atoms with Crippen LogP contribution in [0.2, 0.25) is 0 Å². The van der Waals surface area contributed by atoms with Gasteiger partial charge in [-0.2, -0.15) is 0 Å². The van der Waals surface area contributed by atoms with Crippen molar-refractivity contribution in [2.45, 2.75) is 0 Å². The molecule has 39 valence electrons. The van der Waals surface area contributed by atoms with Crippen LogP contribution in [0, 0.1) is 0 Å². The Bertz CT molecular complexity index is 6.85. The van der Waals surface area contributed by atoms with Gasteiger partial charge in [-0.1, -0.05) is 0 Å². The summed E-state index contributed by atoms with van der Waals surface area (Å²) in [7, 11) is 0. The second-order valence-electron chi connectivity index (χ2n) is 0. The average Bonchev–Trinajstić information content (AvgIpc) is 0. The SMILES string of the molecule is O.[Cr].[Cu+2].[OH-].[OH-]. The molecule has 0 fully saturated rings. The van der Waals surface area contributed by atoms with Gasteiger partial charge < -0.3 is 16.4 Å². The van der Waals surface area contributed by atoms with Crippen LogP contribution >= 0.6 is 0 Å². The Morgan fingerprint density at radius 1 is 0.800 bits per heavy atom. The van der Waals surface area contributed by atoms with E-state index in [0.717, 1.165) is 0 Å². The second-order valence-corrected chi connectivity index (χ2v) is 0. The molecule has 0 aromatic heterocycles. The van der Waals surface area contributed by atoms with Gasteiger partial charge in [0.15, 0.2) is 0 Å². The fraction of sp³-hybridized carbons (Fsp3) is 0. The topological polar surface area (TPSA) is 91.5 Å². The van der Waals surface area contributed by atoms with Crippen molar-refractivity contribution in [3.05, 3.63) is 0 Å². The van der Waals surface area contributed by atoms with E-state index in [9.17, 15) is 0 Å². The van der Waals surface area contributed by atoms with Crippen LogP contribution in [0.5, 0.6) is 0 Å². The summed E-state index contributed by atoms with van der Waals surface area (Å²) in [5, 5.41) is 0. The van der Waals surface area contributed by atoms with E-state index in [1.165, 1.54) is 0 Å². The largest absolute Gasteiger partial charge is 2.00 e. The molecule has 0 spiro atoms. The molecule has 0 aromatic carbocycles. The molecule has 0 aromatic rings. The fourth-order valence-electron chi connectivity index (χ4n) is 0. The molecular weight excluding hydrogens is 164 g/mol. The van der Waals surface area contributed by atoms with Crippen molar-refractivity contribution in [2.24, 2.45) is 0 Å². The third-order valence-electron chi connectivity index (χ3n) is 0. The predicted molar refractivity (Wildman–Crippen MR) is 7.49 cm³/mol. The Balaban J connectivity index is 0. The summed E-state index contributed by atoms with van der Waals surface area (Å²) < 4.78 is 0. The van der Waals surface area contributed by atoms with E-state index < -0.39 is 0 Å². The van der Waals surface area contributed by atoms with Crippen LogP contribution in [0.25, 0.3) is 0 Å². The van der Waals surface area contributed by atoms with Crippen molar-refractivity contribution < 1.29 is 50.9 Å². The van der Waals surface area contributed by atoms with Crippen molar-refractivity contribution in [1.82, 2.24) is 0 Å². The summed E-state index contributed by atoms with van der Waals surface area (Å²) in [5.41, 5.74) is 0. The Hall–Kier alpha value is 0.932. The smallest absolute Gasteiger partial charge is 0.870 e. The van der Waals surface area contributed by atoms with Gasteiger partial charge >= 0.3 is 17.1 Å². The van der Waals surface area contributed by atoms with Crippen molar-refractivity contribution in [3.8, 4) is 0 Å². The maximum absolute atomic E-state index is 0. The molecule has 0 atom stereocenters. The van der Waals surface area contributed by atoms with Crippen LogP contribution in [-0.2, 0) is 34.4 Å². The molecule has 0 aliphatic carbocycles. The minimum absolute atomic E-state index is 0. The second kappa shape index (κ2) is 87.8. The standard InChI is InChI=1S/Cr.Cu.3H2O/h;;3*1H2/q;+2;;;/p-2. The third kappa shape index (κ3) is 48.8. The number of hydrogen-bond donors (Lipinski definition) is 0. The molecule has 5 heavy (non-hydrogen) atoms. The van der Waals surface area contributed by atoms with Crippen molar-refractivity contribution in [2.75, 3.05) is 0 Å². The normalized spacial score (nSPS) is 0. The van der Waals surface area contributed by atoms with Gasteiger partial charge in [-0.3, -0.25) is 0 Å². The van der Waals surface area contributed by atoms with Gasteiger partial charge in [-0.15, -0.1) is 0 Å². The first-order valence-corrected chi connectivity index (χ1v) is 0. The molecule has 0 heterocycles. The van der Waals surface area contributed by atoms with E-state index in [4.69, 9.17) is 0 Å². The first-order valence-electron chi connectivity index (χ1n) is 0. The summed E-state index contributed by atoms with van der Waals surface area (Å²) in [6, 6.07) is 0. The number of hydrogen-bond acceptors (Lipinski definition) is 2. The summed E-state index contributed by atoms with van der Waals surface area (Å²) in [6.07, 6.45) is 0. The Morgan fingerprint density at radius 3 is 0.800 bits per heavy atom. The molecule has 4 N–H and O–H groups in total. The summed E-state index contributed by atoms with van der Waals surface area (Å²) >= 11 is 0. The molecule has 0 saturated carbocycles. The molecule has 5 heteroatoms. The first-order chi connectivity index (χ1) is 0. The molecule has 0 saturated heterocycles. The molecule has 0 bridgehead atoms. The van der Waals surface area contributed by atoms with Crippen LogP contribution in [-0.4, -0.2) is 16.4 Å². The van der Waals surface area contributed by atoms with Gasteiger partial charge in [0, 0.05) is 17.4 Å². The van der Waals surface area contributed by atoms with Gasteiger partial charge in [0.1, 0.15) is 0 Å². The zero-order valence-electron chi connectivity index (χ0n) is 2.10. The van der Waals surface area contributed by atoms with Crippen LogP contribution in [0.3, 0.4) is 0 Å². The van der Waals surface area contributed by atoms with Crippen LogP contribution < -0.4 is 0 Å². The van der Waals surface area contributed by atoms with Crippen LogP contribution in [0.15, 0.2) is 0 Å². The quantitative estimate of drug-likeness (QED) is 0.425. The molecule has 0 aliphatic rings. The van der Waals surface area contributed by atoms with Crippen LogP contribution in [0.4, 0.5) is 0 Å². The van der Waals surface area contributed by atoms with E-state index in [1.807, 2.05) is 0 Å². The predicted octanol–water partition coefficient (Wildman–Crippen LogP) is -1.18. The van der Waals surface area contributed by atoms with E-state index in [-0.39, 0.29) is 50.9 Å². The minimum Gasteiger partial charge on any atom is -0.870 e. The molecular formula is H4CrCuO3. The molecule has 0 unspecified atom stereocenters. The van der Waals surface area contributed by atoms with E-state index in [2.05, 4.69) is 0 Å². The van der Waals surface area contributed by atoms with Gasteiger partial charge in [-0.25, -0.2) is 0 Å². The van der Waals surface area contributed by atoms with Crippen molar-refractivity contribution >= 4 is 0 Å². The van der Waals surface area contributed by atoms with E-state index >= 15 is 0 Å². The first kappa shape index (κ1) is 166. The van der Waals surface area contributed by atoms with Gasteiger partial charge in [0.05, 0.1) is 0 Å². The zero-order valence-corrected chi connectivity index (χ0v) is 4.32. The molecule has 1 radical (unpaired) electrons. The average molecular weight is 168 g/mol. The van der Waals surface area contributed by atoms with E-state index in [0.29, 0.717) is 0 Å². The van der Waals surface area contributed by atoms with E-state index in [1.54, 1.807) is 0 Å². The summed E-state index contributed by atoms with van der Waals surface area (Å²) in [5.74, 6) is 0. The van der Waals surface area contributed by atoms with Crippen LogP contribution in [0.1, 0.15) is 0 Å². The Kier molecular flexibility index (Phi) is 2920. The maximum Gasteiger partial charge on any atom is 2.00 e. The van der Waals surface area contributed by atoms with Crippen molar-refractivity contribution in [3.63, 3.8) is 0 Å². The molecule has 0 amide bonds. The van der Waals surface area contributed by atoms with Gasteiger partial charge in [0.25, 0.3) is 0 Å². The molecule has 3 nitrogen and oxygen atoms in total. The third-order valence-corrected chi connectivity index (χ3v) is 0. The Labute approximate surface area is 51.3 Å². The fourth-order valence-corrected chi connectivity index (χ4v) is 0. The summed E-state index contributed by atoms with van der Waals surface area (Å²) in [6.45, 7) is 0. The molecule has 0 aliphatic heterocycles. The van der Waals surface area contributed by atoms with Gasteiger partial charge in [0.2, 0.25) is 0 Å². The maximum atomic E-state index is 0. The van der Waals surface area contributed by atoms with Gasteiger partial charge in [-0.05, 0) is 0 Å². The summed E-state index contributed by atoms with van der Waals surface area (Å²) in [4.78, 5) is 0. The Morgan fingerprint density at radius 2 is 0.800 bits per heavy atom. The monoisotopic (exact) mass is 167 g/mol.